The Hall–Kier alpha value is -3.50. The molecule has 2 aromatic rings. The third-order valence-electron chi connectivity index (χ3n) is 4.86. The van der Waals surface area contributed by atoms with Crippen LogP contribution in [0.3, 0.4) is 0 Å². The van der Waals surface area contributed by atoms with Gasteiger partial charge in [0.1, 0.15) is 12.6 Å². The third-order valence-corrected chi connectivity index (χ3v) is 6.02. The smallest absolute Gasteiger partial charge is 0.335 e. The Bertz CT molecular complexity index is 1200. The highest BCUT2D eigenvalue weighted by molar-refractivity contribution is 8.18. The predicted octanol–water partition coefficient (Wildman–Crippen LogP) is 4.22. The van der Waals surface area contributed by atoms with Gasteiger partial charge in [0.15, 0.2) is 11.5 Å². The van der Waals surface area contributed by atoms with Gasteiger partial charge in [-0.05, 0) is 60.2 Å². The highest BCUT2D eigenvalue weighted by atomic mass is 35.5. The Morgan fingerprint density at radius 3 is 2.59 bits per heavy atom. The number of carbonyl (C=O) groups excluding carboxylic acids is 3. The normalized spacial score (nSPS) is 15.4. The van der Waals surface area contributed by atoms with E-state index in [0.29, 0.717) is 22.9 Å². The number of hydrogen-bond donors (Lipinski definition) is 1. The van der Waals surface area contributed by atoms with E-state index in [4.69, 9.17) is 26.2 Å². The molecule has 9 nitrogen and oxygen atoms in total. The summed E-state index contributed by atoms with van der Waals surface area (Å²) in [6, 6.07) is 8.34. The van der Waals surface area contributed by atoms with Crippen LogP contribution in [0.5, 0.6) is 11.5 Å². The lowest BCUT2D eigenvalue weighted by Gasteiger charge is -2.18. The van der Waals surface area contributed by atoms with Crippen LogP contribution in [-0.2, 0) is 20.9 Å². The van der Waals surface area contributed by atoms with E-state index in [2.05, 4.69) is 4.74 Å². The van der Waals surface area contributed by atoms with E-state index in [1.807, 2.05) is 0 Å². The number of ether oxygens (including phenoxy) is 3. The van der Waals surface area contributed by atoms with Crippen LogP contribution < -0.4 is 9.47 Å². The number of thioether (sulfide) groups is 1. The average Bonchev–Trinajstić information content (AvgIpc) is 3.09. The van der Waals surface area contributed by atoms with Crippen molar-refractivity contribution in [2.24, 2.45) is 0 Å². The molecule has 1 N–H and O–H groups in total. The van der Waals surface area contributed by atoms with Crippen molar-refractivity contribution in [2.45, 2.75) is 19.6 Å². The molecule has 0 radical (unpaired) electrons. The molecule has 0 spiro atoms. The number of halogens is 1. The summed E-state index contributed by atoms with van der Waals surface area (Å²) >= 11 is 7.09. The Morgan fingerprint density at radius 2 is 1.94 bits per heavy atom. The fourth-order valence-corrected chi connectivity index (χ4v) is 4.34. The van der Waals surface area contributed by atoms with E-state index in [0.717, 1.165) is 4.90 Å². The summed E-state index contributed by atoms with van der Waals surface area (Å²) in [5, 5.41) is 8.73. The largest absolute Gasteiger partial charge is 0.493 e. The molecule has 3 rings (SSSR count). The number of esters is 1. The molecule has 34 heavy (non-hydrogen) atoms. The molecule has 1 aliphatic rings. The van der Waals surface area contributed by atoms with E-state index in [1.165, 1.54) is 45.4 Å². The van der Waals surface area contributed by atoms with Crippen molar-refractivity contribution in [1.82, 2.24) is 4.90 Å². The molecule has 2 aromatic carbocycles. The predicted molar refractivity (Wildman–Crippen MR) is 125 cm³/mol. The summed E-state index contributed by atoms with van der Waals surface area (Å²) in [7, 11) is 2.59. The van der Waals surface area contributed by atoms with Crippen LogP contribution in [0.4, 0.5) is 4.79 Å². The van der Waals surface area contributed by atoms with E-state index in [9.17, 15) is 19.2 Å². The van der Waals surface area contributed by atoms with Crippen LogP contribution >= 0.6 is 23.4 Å². The maximum absolute atomic E-state index is 12.7. The average molecular weight is 506 g/mol. The van der Waals surface area contributed by atoms with Gasteiger partial charge < -0.3 is 19.3 Å². The van der Waals surface area contributed by atoms with Crippen LogP contribution in [0.2, 0.25) is 5.02 Å². The second kappa shape index (κ2) is 10.6. The SMILES string of the molecule is COC(=O)[C@H](C)N1C(=O)S/C(=C/c2cc(Cl)c(OCc3cccc(C(=O)O)c3)c(OC)c2)C1=O. The topological polar surface area (TPSA) is 119 Å². The molecule has 1 heterocycles. The summed E-state index contributed by atoms with van der Waals surface area (Å²) in [5.41, 5.74) is 1.22. The Kier molecular flexibility index (Phi) is 7.85. The first kappa shape index (κ1) is 25.1. The van der Waals surface area contributed by atoms with Crippen LogP contribution in [-0.4, -0.2) is 53.4 Å². The van der Waals surface area contributed by atoms with Crippen LogP contribution in [0.1, 0.15) is 28.4 Å². The fourth-order valence-electron chi connectivity index (χ4n) is 3.15. The quantitative estimate of drug-likeness (QED) is 0.415. The number of benzene rings is 2. The summed E-state index contributed by atoms with van der Waals surface area (Å²) in [5.74, 6) is -1.87. The molecule has 11 heteroatoms. The van der Waals surface area contributed by atoms with E-state index >= 15 is 0 Å². The van der Waals surface area contributed by atoms with Gasteiger partial charge in [-0.1, -0.05) is 23.7 Å². The molecular formula is C23H20ClNO8S. The van der Waals surface area contributed by atoms with Crippen LogP contribution in [0, 0.1) is 0 Å². The van der Waals surface area contributed by atoms with Crippen molar-refractivity contribution >= 4 is 52.5 Å². The summed E-state index contributed by atoms with van der Waals surface area (Å²) in [4.78, 5) is 48.9. The van der Waals surface area contributed by atoms with E-state index in [-0.39, 0.29) is 33.6 Å². The van der Waals surface area contributed by atoms with Gasteiger partial charge in [0, 0.05) is 0 Å². The monoisotopic (exact) mass is 505 g/mol. The van der Waals surface area contributed by atoms with Crippen molar-refractivity contribution in [1.29, 1.82) is 0 Å². The van der Waals surface area contributed by atoms with Gasteiger partial charge >= 0.3 is 11.9 Å². The molecule has 0 unspecified atom stereocenters. The summed E-state index contributed by atoms with van der Waals surface area (Å²) < 4.78 is 15.8. The molecule has 0 aromatic heterocycles. The second-order valence-electron chi connectivity index (χ2n) is 7.08. The van der Waals surface area contributed by atoms with E-state index in [1.54, 1.807) is 18.2 Å². The molecule has 1 saturated heterocycles. The summed E-state index contributed by atoms with van der Waals surface area (Å²) in [6.45, 7) is 1.45. The molecular weight excluding hydrogens is 486 g/mol. The van der Waals surface area contributed by atoms with Crippen molar-refractivity contribution in [3.05, 3.63) is 63.0 Å². The zero-order valence-corrected chi connectivity index (χ0v) is 19.9. The van der Waals surface area contributed by atoms with Crippen molar-refractivity contribution in [3.8, 4) is 11.5 Å². The van der Waals surface area contributed by atoms with Crippen molar-refractivity contribution < 1.29 is 38.5 Å². The number of carbonyl (C=O) groups is 4. The van der Waals surface area contributed by atoms with Crippen LogP contribution in [0.25, 0.3) is 6.08 Å². The lowest BCUT2D eigenvalue weighted by molar-refractivity contribution is -0.148. The first-order valence-electron chi connectivity index (χ1n) is 9.83. The maximum atomic E-state index is 12.7. The lowest BCUT2D eigenvalue weighted by atomic mass is 10.1. The van der Waals surface area contributed by atoms with Crippen molar-refractivity contribution in [3.63, 3.8) is 0 Å². The minimum atomic E-state index is -1.06. The van der Waals surface area contributed by atoms with Gasteiger partial charge in [0.25, 0.3) is 11.1 Å². The maximum Gasteiger partial charge on any atom is 0.335 e. The molecule has 0 saturated carbocycles. The number of carboxylic acid groups (broad SMARTS) is 1. The number of aromatic carboxylic acids is 1. The first-order chi connectivity index (χ1) is 16.2. The first-order valence-corrected chi connectivity index (χ1v) is 11.0. The zero-order chi connectivity index (χ0) is 25.0. The number of amides is 2. The minimum absolute atomic E-state index is 0.0425. The Labute approximate surface area is 204 Å². The van der Waals surface area contributed by atoms with Gasteiger partial charge in [-0.25, -0.2) is 9.59 Å². The second-order valence-corrected chi connectivity index (χ2v) is 8.48. The molecule has 1 fully saturated rings. The lowest BCUT2D eigenvalue weighted by Crippen LogP contribution is -2.42. The minimum Gasteiger partial charge on any atom is -0.493 e. The number of imide groups is 1. The van der Waals surface area contributed by atoms with Gasteiger partial charge in [-0.15, -0.1) is 0 Å². The molecule has 1 atom stereocenters. The van der Waals surface area contributed by atoms with Gasteiger partial charge in [0.2, 0.25) is 0 Å². The molecule has 178 valence electrons. The third kappa shape index (κ3) is 5.35. The standard InChI is InChI=1S/C23H20ClNO8S/c1-12(22(29)32-3)25-20(26)18(34-23(25)30)10-14-8-16(24)19(17(9-14)31-2)33-11-13-5-4-6-15(7-13)21(27)28/h4-10,12H,11H2,1-3H3,(H,27,28)/b18-10+/t12-/m0/s1. The number of nitrogens with zero attached hydrogens (tertiary/aromatic N) is 1. The zero-order valence-electron chi connectivity index (χ0n) is 18.4. The van der Waals surface area contributed by atoms with Gasteiger partial charge in [-0.3, -0.25) is 14.5 Å². The Balaban J connectivity index is 1.83. The molecule has 0 bridgehead atoms. The van der Waals surface area contributed by atoms with Gasteiger partial charge in [0.05, 0.1) is 29.7 Å². The molecule has 2 amide bonds. The number of carboxylic acids is 1. The summed E-state index contributed by atoms with van der Waals surface area (Å²) in [6.07, 6.45) is 1.46. The van der Waals surface area contributed by atoms with Gasteiger partial charge in [-0.2, -0.15) is 0 Å². The highest BCUT2D eigenvalue weighted by Gasteiger charge is 2.41. The Morgan fingerprint density at radius 1 is 1.21 bits per heavy atom. The van der Waals surface area contributed by atoms with Crippen molar-refractivity contribution in [2.75, 3.05) is 14.2 Å². The fraction of sp³-hybridized carbons (Fsp3) is 0.217. The number of rotatable bonds is 8. The number of hydrogen-bond acceptors (Lipinski definition) is 8. The highest BCUT2D eigenvalue weighted by Crippen LogP contribution is 2.39. The number of methoxy groups -OCH3 is 2. The van der Waals surface area contributed by atoms with Crippen LogP contribution in [0.15, 0.2) is 41.3 Å². The molecule has 1 aliphatic heterocycles. The molecule has 0 aliphatic carbocycles. The van der Waals surface area contributed by atoms with E-state index < -0.39 is 29.1 Å².